The Balaban J connectivity index is 1.29. The average Bonchev–Trinajstić information content (AvgIpc) is 2.86. The lowest BCUT2D eigenvalue weighted by molar-refractivity contribution is 0.0993. The second-order valence-corrected chi connectivity index (χ2v) is 8.48. The highest BCUT2D eigenvalue weighted by Crippen LogP contribution is 2.35. The van der Waals surface area contributed by atoms with Gasteiger partial charge in [-0.25, -0.2) is 0 Å². The Morgan fingerprint density at radius 2 is 1.82 bits per heavy atom. The summed E-state index contributed by atoms with van der Waals surface area (Å²) in [4.78, 5) is 18.3. The number of carbonyl (C=O) groups is 1. The van der Waals surface area contributed by atoms with Gasteiger partial charge in [0.25, 0.3) is 5.91 Å². The highest BCUT2D eigenvalue weighted by molar-refractivity contribution is 5.93. The molecule has 1 aromatic carbocycles. The van der Waals surface area contributed by atoms with Crippen LogP contribution in [-0.2, 0) is 6.42 Å². The van der Waals surface area contributed by atoms with E-state index in [0.29, 0.717) is 19.6 Å². The minimum Gasteiger partial charge on any atom is -0.490 e. The first kappa shape index (κ1) is 21.9. The number of ether oxygens (including phenoxy) is 3. The van der Waals surface area contributed by atoms with E-state index in [1.807, 2.05) is 37.3 Å². The number of piperidine rings is 1. The zero-order valence-electron chi connectivity index (χ0n) is 19.1. The Hall–Kier alpha value is -3.88. The molecule has 2 aliphatic heterocycles. The van der Waals surface area contributed by atoms with Gasteiger partial charge in [0, 0.05) is 50.8 Å². The van der Waals surface area contributed by atoms with Crippen LogP contribution in [0, 0.1) is 6.92 Å². The molecule has 9 heteroatoms. The summed E-state index contributed by atoms with van der Waals surface area (Å²) in [6.07, 6.45) is 5.78. The number of aromatic nitrogens is 3. The summed E-state index contributed by atoms with van der Waals surface area (Å²) in [7, 11) is 0. The van der Waals surface area contributed by atoms with E-state index in [4.69, 9.17) is 19.9 Å². The number of amides is 1. The van der Waals surface area contributed by atoms with Crippen LogP contribution in [0.1, 0.15) is 40.0 Å². The summed E-state index contributed by atoms with van der Waals surface area (Å²) in [5.41, 5.74) is 8.58. The predicted molar refractivity (Wildman–Crippen MR) is 126 cm³/mol. The van der Waals surface area contributed by atoms with Crippen molar-refractivity contribution in [3.8, 4) is 17.2 Å². The second kappa shape index (κ2) is 9.54. The van der Waals surface area contributed by atoms with Crippen molar-refractivity contribution in [2.75, 3.05) is 31.2 Å². The number of anilines is 1. The van der Waals surface area contributed by atoms with E-state index in [0.717, 1.165) is 65.7 Å². The number of rotatable bonds is 6. The summed E-state index contributed by atoms with van der Waals surface area (Å²) >= 11 is 0. The van der Waals surface area contributed by atoms with Crippen molar-refractivity contribution < 1.29 is 19.0 Å². The number of nitrogens with two attached hydrogens (primary N) is 1. The van der Waals surface area contributed by atoms with Crippen LogP contribution in [0.3, 0.4) is 0 Å². The Morgan fingerprint density at radius 1 is 1.09 bits per heavy atom. The van der Waals surface area contributed by atoms with Crippen molar-refractivity contribution in [3.63, 3.8) is 0 Å². The smallest absolute Gasteiger partial charge is 0.269 e. The quantitative estimate of drug-likeness (QED) is 0.596. The number of hydrogen-bond acceptors (Lipinski definition) is 8. The van der Waals surface area contributed by atoms with Crippen LogP contribution >= 0.6 is 0 Å². The standard InChI is InChI=1S/C25H27N5O4/c1-16-20(14-17-4-8-27-9-5-17)23(24(26)31)28-29-25(16)30-10-6-18(7-11-30)34-19-2-3-21-22(15-19)33-13-12-32-21/h2-5,8-9,15,18H,6-7,10-14H2,1H3,(H2,26,31). The molecule has 4 heterocycles. The van der Waals surface area contributed by atoms with E-state index in [9.17, 15) is 4.79 Å². The monoisotopic (exact) mass is 461 g/mol. The van der Waals surface area contributed by atoms with E-state index < -0.39 is 5.91 Å². The van der Waals surface area contributed by atoms with Crippen LogP contribution in [-0.4, -0.2) is 53.5 Å². The third kappa shape index (κ3) is 4.59. The fourth-order valence-electron chi connectivity index (χ4n) is 4.44. The minimum atomic E-state index is -0.572. The van der Waals surface area contributed by atoms with Crippen molar-refractivity contribution in [2.45, 2.75) is 32.3 Å². The highest BCUT2D eigenvalue weighted by atomic mass is 16.6. The Labute approximate surface area is 197 Å². The van der Waals surface area contributed by atoms with Crippen molar-refractivity contribution in [2.24, 2.45) is 5.73 Å². The van der Waals surface area contributed by atoms with Gasteiger partial charge in [-0.3, -0.25) is 9.78 Å². The topological polar surface area (TPSA) is 113 Å². The van der Waals surface area contributed by atoms with Crippen LogP contribution in [0.4, 0.5) is 5.82 Å². The number of pyridine rings is 1. The molecular weight excluding hydrogens is 434 g/mol. The van der Waals surface area contributed by atoms with Gasteiger partial charge in [-0.05, 0) is 47.9 Å². The first-order valence-electron chi connectivity index (χ1n) is 11.4. The summed E-state index contributed by atoms with van der Waals surface area (Å²) < 4.78 is 17.5. The Kier molecular flexibility index (Phi) is 6.16. The van der Waals surface area contributed by atoms with Crippen molar-refractivity contribution in [1.82, 2.24) is 15.2 Å². The van der Waals surface area contributed by atoms with Crippen molar-refractivity contribution in [1.29, 1.82) is 0 Å². The van der Waals surface area contributed by atoms with E-state index >= 15 is 0 Å². The lowest BCUT2D eigenvalue weighted by atomic mass is 9.99. The average molecular weight is 462 g/mol. The molecule has 0 saturated carbocycles. The molecule has 0 radical (unpaired) electrons. The Bertz CT molecular complexity index is 1180. The van der Waals surface area contributed by atoms with E-state index in [1.54, 1.807) is 12.4 Å². The molecule has 2 N–H and O–H groups in total. The Morgan fingerprint density at radius 3 is 2.56 bits per heavy atom. The molecule has 1 saturated heterocycles. The summed E-state index contributed by atoms with van der Waals surface area (Å²) in [6.45, 7) is 4.64. The van der Waals surface area contributed by atoms with E-state index in [2.05, 4.69) is 20.1 Å². The maximum Gasteiger partial charge on any atom is 0.269 e. The second-order valence-electron chi connectivity index (χ2n) is 8.48. The van der Waals surface area contributed by atoms with Crippen LogP contribution < -0.4 is 24.8 Å². The third-order valence-corrected chi connectivity index (χ3v) is 6.24. The zero-order chi connectivity index (χ0) is 23.5. The normalized spacial score (nSPS) is 15.7. The van der Waals surface area contributed by atoms with Gasteiger partial charge in [-0.15, -0.1) is 10.2 Å². The summed E-state index contributed by atoms with van der Waals surface area (Å²) in [5, 5.41) is 8.57. The number of benzene rings is 1. The summed E-state index contributed by atoms with van der Waals surface area (Å²) in [6, 6.07) is 9.55. The van der Waals surface area contributed by atoms with Crippen molar-refractivity contribution in [3.05, 3.63) is 65.1 Å². The van der Waals surface area contributed by atoms with Crippen LogP contribution in [0.15, 0.2) is 42.7 Å². The van der Waals surface area contributed by atoms with Crippen molar-refractivity contribution >= 4 is 11.7 Å². The first-order valence-corrected chi connectivity index (χ1v) is 11.4. The number of carbonyl (C=O) groups excluding carboxylic acids is 1. The maximum atomic E-state index is 12.0. The first-order chi connectivity index (χ1) is 16.6. The molecule has 34 heavy (non-hydrogen) atoms. The van der Waals surface area contributed by atoms with Gasteiger partial charge in [0.1, 0.15) is 25.1 Å². The fourth-order valence-corrected chi connectivity index (χ4v) is 4.44. The molecule has 9 nitrogen and oxygen atoms in total. The largest absolute Gasteiger partial charge is 0.490 e. The highest BCUT2D eigenvalue weighted by Gasteiger charge is 2.26. The van der Waals surface area contributed by atoms with Crippen LogP contribution in [0.2, 0.25) is 0 Å². The maximum absolute atomic E-state index is 12.0. The molecule has 0 unspecified atom stereocenters. The van der Waals surface area contributed by atoms with Crippen LogP contribution in [0.5, 0.6) is 17.2 Å². The lowest BCUT2D eigenvalue weighted by Crippen LogP contribution is -2.39. The van der Waals surface area contributed by atoms with Gasteiger partial charge >= 0.3 is 0 Å². The number of nitrogens with zero attached hydrogens (tertiary/aromatic N) is 4. The van der Waals surface area contributed by atoms with Gasteiger partial charge in [0.15, 0.2) is 23.0 Å². The minimum absolute atomic E-state index is 0.0910. The van der Waals surface area contributed by atoms with Gasteiger partial charge in [-0.2, -0.15) is 0 Å². The van der Waals surface area contributed by atoms with E-state index in [-0.39, 0.29) is 11.8 Å². The molecule has 3 aromatic rings. The molecule has 2 aromatic heterocycles. The zero-order valence-corrected chi connectivity index (χ0v) is 19.1. The van der Waals surface area contributed by atoms with Gasteiger partial charge in [-0.1, -0.05) is 0 Å². The molecule has 1 amide bonds. The molecule has 0 bridgehead atoms. The molecule has 5 rings (SSSR count). The van der Waals surface area contributed by atoms with Gasteiger partial charge in [0.2, 0.25) is 0 Å². The molecule has 0 atom stereocenters. The summed E-state index contributed by atoms with van der Waals surface area (Å²) in [5.74, 6) is 2.47. The lowest BCUT2D eigenvalue weighted by Gasteiger charge is -2.34. The molecular formula is C25H27N5O4. The molecule has 0 aliphatic carbocycles. The molecule has 1 fully saturated rings. The number of hydrogen-bond donors (Lipinski definition) is 1. The number of primary amides is 1. The van der Waals surface area contributed by atoms with Gasteiger partial charge in [0.05, 0.1) is 0 Å². The fraction of sp³-hybridized carbons (Fsp3) is 0.360. The molecule has 0 spiro atoms. The molecule has 176 valence electrons. The number of fused-ring (bicyclic) bond motifs is 1. The molecule has 2 aliphatic rings. The van der Waals surface area contributed by atoms with Crippen LogP contribution in [0.25, 0.3) is 0 Å². The third-order valence-electron chi connectivity index (χ3n) is 6.24. The van der Waals surface area contributed by atoms with Gasteiger partial charge < -0.3 is 24.8 Å². The predicted octanol–water partition coefficient (Wildman–Crippen LogP) is 2.69. The van der Waals surface area contributed by atoms with E-state index in [1.165, 1.54) is 0 Å². The SMILES string of the molecule is Cc1c(N2CCC(Oc3ccc4c(c3)OCCO4)CC2)nnc(C(N)=O)c1Cc1ccncc1.